The molecule has 2 aliphatic rings. The number of aliphatic hydroxyl groups is 1. The smallest absolute Gasteiger partial charge is 0.421 e. The van der Waals surface area contributed by atoms with Crippen molar-refractivity contribution in [1.82, 2.24) is 4.90 Å². The van der Waals surface area contributed by atoms with Crippen molar-refractivity contribution in [2.24, 2.45) is 0 Å². The third-order valence-corrected chi connectivity index (χ3v) is 5.30. The van der Waals surface area contributed by atoms with Gasteiger partial charge in [-0.2, -0.15) is 0 Å². The Hall–Kier alpha value is -2.12. The second-order valence-corrected chi connectivity index (χ2v) is 7.25. The summed E-state index contributed by atoms with van der Waals surface area (Å²) in [6.45, 7) is 0.500. The van der Waals surface area contributed by atoms with E-state index in [9.17, 15) is 14.7 Å². The molecule has 1 saturated heterocycles. The quantitative estimate of drug-likeness (QED) is 0.626. The zero-order valence-corrected chi connectivity index (χ0v) is 15.4. The van der Waals surface area contributed by atoms with Crippen LogP contribution in [-0.2, 0) is 19.1 Å². The molecule has 2 unspecified atom stereocenters. The van der Waals surface area contributed by atoms with Crippen LogP contribution in [0.1, 0.15) is 37.2 Å². The molecule has 1 N–H and O–H groups in total. The predicted octanol–water partition coefficient (Wildman–Crippen LogP) is 1.44. The number of esters is 2. The first-order chi connectivity index (χ1) is 12.3. The first-order valence-electron chi connectivity index (χ1n) is 8.79. The largest absolute Gasteiger partial charge is 0.497 e. The van der Waals surface area contributed by atoms with E-state index in [4.69, 9.17) is 14.2 Å². The van der Waals surface area contributed by atoms with Crippen molar-refractivity contribution < 1.29 is 28.9 Å². The topological polar surface area (TPSA) is 85.3 Å². The number of hydrogen-bond donors (Lipinski definition) is 1. The third-order valence-electron chi connectivity index (χ3n) is 5.30. The molecule has 2 fully saturated rings. The van der Waals surface area contributed by atoms with E-state index in [1.54, 1.807) is 7.11 Å². The molecular formula is C19H25NO6. The average Bonchev–Trinajstić information content (AvgIpc) is 2.91. The summed E-state index contributed by atoms with van der Waals surface area (Å²) in [6, 6.07) is 7.41. The lowest BCUT2D eigenvalue weighted by Crippen LogP contribution is -2.62. The van der Waals surface area contributed by atoms with Crippen molar-refractivity contribution in [1.29, 1.82) is 0 Å². The number of benzene rings is 1. The molecule has 0 amide bonds. The minimum absolute atomic E-state index is 0.293. The summed E-state index contributed by atoms with van der Waals surface area (Å²) in [5, 5.41) is 11.7. The van der Waals surface area contributed by atoms with Crippen LogP contribution in [0.3, 0.4) is 0 Å². The van der Waals surface area contributed by atoms with Crippen molar-refractivity contribution >= 4 is 11.9 Å². The summed E-state index contributed by atoms with van der Waals surface area (Å²) < 4.78 is 15.9. The third kappa shape index (κ3) is 3.05. The van der Waals surface area contributed by atoms with Gasteiger partial charge < -0.3 is 24.2 Å². The molecule has 0 bridgehead atoms. The van der Waals surface area contributed by atoms with E-state index in [1.165, 1.54) is 0 Å². The number of ether oxygens (including phenoxy) is 3. The van der Waals surface area contributed by atoms with Crippen LogP contribution in [0.4, 0.5) is 0 Å². The molecule has 1 saturated carbocycles. The second kappa shape index (κ2) is 6.89. The molecule has 2 atom stereocenters. The first-order valence-corrected chi connectivity index (χ1v) is 8.79. The normalized spacial score (nSPS) is 25.9. The lowest BCUT2D eigenvalue weighted by molar-refractivity contribution is -0.285. The predicted molar refractivity (Wildman–Crippen MR) is 92.6 cm³/mol. The van der Waals surface area contributed by atoms with Crippen molar-refractivity contribution in [3.63, 3.8) is 0 Å². The van der Waals surface area contributed by atoms with Crippen LogP contribution in [0.5, 0.6) is 5.75 Å². The van der Waals surface area contributed by atoms with Gasteiger partial charge in [0.15, 0.2) is 0 Å². The minimum Gasteiger partial charge on any atom is -0.497 e. The highest BCUT2D eigenvalue weighted by Crippen LogP contribution is 2.51. The maximum Gasteiger partial charge on any atom is 0.421 e. The van der Waals surface area contributed by atoms with Crippen LogP contribution < -0.4 is 4.74 Å². The average molecular weight is 363 g/mol. The second-order valence-electron chi connectivity index (χ2n) is 7.25. The molecule has 142 valence electrons. The van der Waals surface area contributed by atoms with Gasteiger partial charge in [-0.15, -0.1) is 0 Å². The van der Waals surface area contributed by atoms with E-state index in [1.807, 2.05) is 43.3 Å². The Morgan fingerprint density at radius 3 is 2.23 bits per heavy atom. The maximum atomic E-state index is 11.8. The van der Waals surface area contributed by atoms with E-state index >= 15 is 0 Å². The van der Waals surface area contributed by atoms with Gasteiger partial charge in [0.25, 0.3) is 5.79 Å². The number of hydrogen-bond acceptors (Lipinski definition) is 7. The van der Waals surface area contributed by atoms with Crippen LogP contribution in [0, 0.1) is 0 Å². The van der Waals surface area contributed by atoms with Crippen molar-refractivity contribution in [3.05, 3.63) is 29.8 Å². The first kappa shape index (κ1) is 18.7. The van der Waals surface area contributed by atoms with Gasteiger partial charge in [0, 0.05) is 18.9 Å². The lowest BCUT2D eigenvalue weighted by atomic mass is 9.68. The Morgan fingerprint density at radius 1 is 1.12 bits per heavy atom. The van der Waals surface area contributed by atoms with Crippen LogP contribution >= 0.6 is 0 Å². The Kier molecular flexibility index (Phi) is 4.94. The fourth-order valence-corrected chi connectivity index (χ4v) is 4.01. The molecule has 1 aromatic carbocycles. The maximum absolute atomic E-state index is 11.8. The van der Waals surface area contributed by atoms with Crippen molar-refractivity contribution in [2.75, 3.05) is 27.7 Å². The SMILES string of the molecule is COc1ccc(C(CN(C)C)C2(O)CCCCC23OC(=O)C(=O)O3)cc1. The summed E-state index contributed by atoms with van der Waals surface area (Å²) in [5.74, 6) is -3.41. The molecule has 0 radical (unpaired) electrons. The van der Waals surface area contributed by atoms with Gasteiger partial charge in [0.05, 0.1) is 7.11 Å². The Labute approximate surface area is 152 Å². The van der Waals surface area contributed by atoms with Gasteiger partial charge >= 0.3 is 11.9 Å². The fourth-order valence-electron chi connectivity index (χ4n) is 4.01. The summed E-state index contributed by atoms with van der Waals surface area (Å²) >= 11 is 0. The van der Waals surface area contributed by atoms with Crippen LogP contribution in [-0.4, -0.2) is 61.1 Å². The van der Waals surface area contributed by atoms with E-state index in [2.05, 4.69) is 0 Å². The van der Waals surface area contributed by atoms with E-state index in [0.29, 0.717) is 31.6 Å². The van der Waals surface area contributed by atoms with Crippen LogP contribution in [0.15, 0.2) is 24.3 Å². The molecule has 26 heavy (non-hydrogen) atoms. The molecule has 1 aromatic rings. The molecule has 1 spiro atoms. The van der Waals surface area contributed by atoms with Gasteiger partial charge in [-0.25, -0.2) is 9.59 Å². The number of carbonyl (C=O) groups excluding carboxylic acids is 2. The Morgan fingerprint density at radius 2 is 1.69 bits per heavy atom. The standard InChI is InChI=1S/C19H25NO6/c1-20(2)12-15(13-6-8-14(24-3)9-7-13)18(23)10-4-5-11-19(18)25-16(21)17(22)26-19/h6-9,15,23H,4-5,10-12H2,1-3H3. The van der Waals surface area contributed by atoms with Crippen LogP contribution in [0.25, 0.3) is 0 Å². The highest BCUT2D eigenvalue weighted by atomic mass is 16.8. The number of nitrogens with zero attached hydrogens (tertiary/aromatic N) is 1. The molecular weight excluding hydrogens is 338 g/mol. The summed E-state index contributed by atoms with van der Waals surface area (Å²) in [4.78, 5) is 25.5. The molecule has 3 rings (SSSR count). The van der Waals surface area contributed by atoms with Gasteiger partial charge in [0.1, 0.15) is 11.4 Å². The van der Waals surface area contributed by atoms with Gasteiger partial charge in [-0.05, 0) is 51.1 Å². The minimum atomic E-state index is -1.62. The number of carbonyl (C=O) groups is 2. The zero-order chi connectivity index (χ0) is 18.9. The molecule has 1 aliphatic heterocycles. The van der Waals surface area contributed by atoms with Crippen molar-refractivity contribution in [2.45, 2.75) is 43.0 Å². The number of methoxy groups -OCH3 is 1. The van der Waals surface area contributed by atoms with Gasteiger partial charge in [-0.3, -0.25) is 0 Å². The van der Waals surface area contributed by atoms with E-state index in [-0.39, 0.29) is 0 Å². The molecule has 7 nitrogen and oxygen atoms in total. The van der Waals surface area contributed by atoms with Gasteiger partial charge in [0.2, 0.25) is 0 Å². The highest BCUT2D eigenvalue weighted by molar-refractivity contribution is 6.31. The molecule has 1 aliphatic carbocycles. The van der Waals surface area contributed by atoms with Crippen LogP contribution in [0.2, 0.25) is 0 Å². The van der Waals surface area contributed by atoms with E-state index in [0.717, 1.165) is 12.0 Å². The lowest BCUT2D eigenvalue weighted by Gasteiger charge is -2.49. The van der Waals surface area contributed by atoms with E-state index < -0.39 is 29.2 Å². The molecule has 1 heterocycles. The fraction of sp³-hybridized carbons (Fsp3) is 0.579. The van der Waals surface area contributed by atoms with Crippen molar-refractivity contribution in [3.8, 4) is 5.75 Å². The monoisotopic (exact) mass is 363 g/mol. The molecule has 7 heteroatoms. The summed E-state index contributed by atoms with van der Waals surface area (Å²) in [5.41, 5.74) is -0.645. The van der Waals surface area contributed by atoms with Gasteiger partial charge in [-0.1, -0.05) is 12.1 Å². The summed E-state index contributed by atoms with van der Waals surface area (Å²) in [6.07, 6.45) is 2.13. The number of likely N-dealkylation sites (N-methyl/N-ethyl adjacent to an activating group) is 1. The summed E-state index contributed by atoms with van der Waals surface area (Å²) in [7, 11) is 5.40. The number of rotatable bonds is 5. The zero-order valence-electron chi connectivity index (χ0n) is 15.4. The Bertz CT molecular complexity index is 670. The highest BCUT2D eigenvalue weighted by Gasteiger charge is 2.66. The Balaban J connectivity index is 2.04. The molecule has 0 aromatic heterocycles.